The molecule has 0 radical (unpaired) electrons. The number of rotatable bonds is 3. The molecule has 4 heteroatoms. The van der Waals surface area contributed by atoms with E-state index in [1.54, 1.807) is 36.8 Å². The van der Waals surface area contributed by atoms with Gasteiger partial charge in [0.25, 0.3) is 0 Å². The second-order valence-corrected chi connectivity index (χ2v) is 3.55. The molecule has 0 amide bonds. The van der Waals surface area contributed by atoms with Gasteiger partial charge in [-0.05, 0) is 19.1 Å². The SMILES string of the molecule is CC(Nc1cccc(O)c1)c1cnccn1. The maximum atomic E-state index is 9.33. The predicted octanol–water partition coefficient (Wildman–Crippen LogP) is 2.36. The third kappa shape index (κ3) is 2.48. The van der Waals surface area contributed by atoms with E-state index in [-0.39, 0.29) is 11.8 Å². The molecule has 4 nitrogen and oxygen atoms in total. The summed E-state index contributed by atoms with van der Waals surface area (Å²) in [6.07, 6.45) is 5.03. The van der Waals surface area contributed by atoms with Crippen molar-refractivity contribution >= 4 is 5.69 Å². The molecule has 1 unspecified atom stereocenters. The minimum absolute atomic E-state index is 0.0514. The Morgan fingerprint density at radius 2 is 2.19 bits per heavy atom. The molecule has 1 heterocycles. The van der Waals surface area contributed by atoms with Gasteiger partial charge in [0.1, 0.15) is 5.75 Å². The van der Waals surface area contributed by atoms with E-state index < -0.39 is 0 Å². The van der Waals surface area contributed by atoms with Crippen molar-refractivity contribution in [3.8, 4) is 5.75 Å². The van der Waals surface area contributed by atoms with Crippen molar-refractivity contribution in [1.82, 2.24) is 9.97 Å². The lowest BCUT2D eigenvalue weighted by Gasteiger charge is -2.14. The number of hydrogen-bond acceptors (Lipinski definition) is 4. The van der Waals surface area contributed by atoms with Gasteiger partial charge in [0.15, 0.2) is 0 Å². The van der Waals surface area contributed by atoms with Gasteiger partial charge in [-0.2, -0.15) is 0 Å². The summed E-state index contributed by atoms with van der Waals surface area (Å²) < 4.78 is 0. The average molecular weight is 215 g/mol. The molecule has 16 heavy (non-hydrogen) atoms. The summed E-state index contributed by atoms with van der Waals surface area (Å²) in [5.74, 6) is 0.247. The monoisotopic (exact) mass is 215 g/mol. The van der Waals surface area contributed by atoms with E-state index in [1.807, 2.05) is 13.0 Å². The van der Waals surface area contributed by atoms with Crippen LogP contribution in [0.3, 0.4) is 0 Å². The first kappa shape index (κ1) is 10.4. The number of phenols is 1. The fourth-order valence-electron chi connectivity index (χ4n) is 1.45. The molecule has 0 aliphatic heterocycles. The smallest absolute Gasteiger partial charge is 0.117 e. The first-order valence-electron chi connectivity index (χ1n) is 5.07. The van der Waals surface area contributed by atoms with Gasteiger partial charge >= 0.3 is 0 Å². The van der Waals surface area contributed by atoms with E-state index in [0.717, 1.165) is 11.4 Å². The van der Waals surface area contributed by atoms with Crippen LogP contribution in [0.2, 0.25) is 0 Å². The summed E-state index contributed by atoms with van der Waals surface area (Å²) in [5.41, 5.74) is 1.73. The summed E-state index contributed by atoms with van der Waals surface area (Å²) in [6, 6.07) is 7.05. The number of aromatic nitrogens is 2. The first-order valence-corrected chi connectivity index (χ1v) is 5.07. The van der Waals surface area contributed by atoms with Crippen molar-refractivity contribution in [3.63, 3.8) is 0 Å². The quantitative estimate of drug-likeness (QED) is 0.825. The van der Waals surface area contributed by atoms with E-state index in [9.17, 15) is 5.11 Å². The summed E-state index contributed by atoms with van der Waals surface area (Å²) in [4.78, 5) is 8.22. The van der Waals surface area contributed by atoms with Crippen LogP contribution in [0.4, 0.5) is 5.69 Å². The number of anilines is 1. The van der Waals surface area contributed by atoms with E-state index in [0.29, 0.717) is 0 Å². The number of aromatic hydroxyl groups is 1. The van der Waals surface area contributed by atoms with Crippen LogP contribution in [-0.2, 0) is 0 Å². The first-order chi connectivity index (χ1) is 7.75. The van der Waals surface area contributed by atoms with Crippen LogP contribution in [0.5, 0.6) is 5.75 Å². The second kappa shape index (κ2) is 4.61. The molecule has 1 atom stereocenters. The molecule has 0 aliphatic rings. The zero-order chi connectivity index (χ0) is 11.4. The fourth-order valence-corrected chi connectivity index (χ4v) is 1.45. The molecule has 0 aliphatic carbocycles. The highest BCUT2D eigenvalue weighted by Gasteiger charge is 2.06. The lowest BCUT2D eigenvalue weighted by molar-refractivity contribution is 0.475. The van der Waals surface area contributed by atoms with Crippen molar-refractivity contribution in [2.45, 2.75) is 13.0 Å². The molecule has 0 saturated carbocycles. The number of nitrogens with one attached hydrogen (secondary N) is 1. The fraction of sp³-hybridized carbons (Fsp3) is 0.167. The molecule has 2 rings (SSSR count). The van der Waals surface area contributed by atoms with E-state index in [4.69, 9.17) is 0 Å². The Kier molecular flexibility index (Phi) is 3.00. The summed E-state index contributed by atoms with van der Waals surface area (Å²) in [6.45, 7) is 1.99. The highest BCUT2D eigenvalue weighted by Crippen LogP contribution is 2.20. The Morgan fingerprint density at radius 3 is 2.88 bits per heavy atom. The second-order valence-electron chi connectivity index (χ2n) is 3.55. The van der Waals surface area contributed by atoms with Gasteiger partial charge in [0, 0.05) is 24.1 Å². The zero-order valence-electron chi connectivity index (χ0n) is 8.96. The van der Waals surface area contributed by atoms with E-state index in [1.165, 1.54) is 0 Å². The van der Waals surface area contributed by atoms with Crippen LogP contribution in [0.1, 0.15) is 18.7 Å². The third-order valence-corrected chi connectivity index (χ3v) is 2.26. The van der Waals surface area contributed by atoms with Crippen molar-refractivity contribution in [1.29, 1.82) is 0 Å². The standard InChI is InChI=1S/C12H13N3O/c1-9(12-8-13-5-6-14-12)15-10-3-2-4-11(16)7-10/h2-9,15-16H,1H3. The summed E-state index contributed by atoms with van der Waals surface area (Å²) in [5, 5.41) is 12.6. The van der Waals surface area contributed by atoms with E-state index >= 15 is 0 Å². The molecule has 0 spiro atoms. The van der Waals surface area contributed by atoms with E-state index in [2.05, 4.69) is 15.3 Å². The Hall–Kier alpha value is -2.10. The molecular weight excluding hydrogens is 202 g/mol. The van der Waals surface area contributed by atoms with Crippen molar-refractivity contribution < 1.29 is 5.11 Å². The van der Waals surface area contributed by atoms with Gasteiger partial charge in [-0.15, -0.1) is 0 Å². The molecular formula is C12H13N3O. The predicted molar refractivity (Wildman–Crippen MR) is 62.2 cm³/mol. The molecule has 0 fully saturated rings. The minimum Gasteiger partial charge on any atom is -0.508 e. The number of benzene rings is 1. The lowest BCUT2D eigenvalue weighted by atomic mass is 10.2. The number of nitrogens with zero attached hydrogens (tertiary/aromatic N) is 2. The highest BCUT2D eigenvalue weighted by atomic mass is 16.3. The Labute approximate surface area is 94.0 Å². The van der Waals surface area contributed by atoms with Gasteiger partial charge in [0.2, 0.25) is 0 Å². The van der Waals surface area contributed by atoms with Crippen LogP contribution in [0.25, 0.3) is 0 Å². The van der Waals surface area contributed by atoms with Crippen molar-refractivity contribution in [3.05, 3.63) is 48.5 Å². The number of hydrogen-bond donors (Lipinski definition) is 2. The molecule has 0 bridgehead atoms. The topological polar surface area (TPSA) is 58.0 Å². The Balaban J connectivity index is 2.11. The average Bonchev–Trinajstić information content (AvgIpc) is 2.30. The molecule has 2 aromatic rings. The molecule has 1 aromatic heterocycles. The molecule has 0 saturated heterocycles. The summed E-state index contributed by atoms with van der Waals surface area (Å²) in [7, 11) is 0. The maximum Gasteiger partial charge on any atom is 0.117 e. The largest absolute Gasteiger partial charge is 0.508 e. The molecule has 2 N–H and O–H groups in total. The van der Waals surface area contributed by atoms with Gasteiger partial charge < -0.3 is 10.4 Å². The van der Waals surface area contributed by atoms with Gasteiger partial charge in [0.05, 0.1) is 17.9 Å². The zero-order valence-corrected chi connectivity index (χ0v) is 8.96. The van der Waals surface area contributed by atoms with Crippen molar-refractivity contribution in [2.75, 3.05) is 5.32 Å². The minimum atomic E-state index is 0.0514. The third-order valence-electron chi connectivity index (χ3n) is 2.26. The molecule has 1 aromatic carbocycles. The van der Waals surface area contributed by atoms with Crippen molar-refractivity contribution in [2.24, 2.45) is 0 Å². The summed E-state index contributed by atoms with van der Waals surface area (Å²) >= 11 is 0. The van der Waals surface area contributed by atoms with Crippen LogP contribution in [0, 0.1) is 0 Å². The lowest BCUT2D eigenvalue weighted by Crippen LogP contribution is -2.08. The van der Waals surface area contributed by atoms with Gasteiger partial charge in [-0.1, -0.05) is 6.07 Å². The van der Waals surface area contributed by atoms with Gasteiger partial charge in [-0.3, -0.25) is 9.97 Å². The van der Waals surface area contributed by atoms with Crippen LogP contribution in [0.15, 0.2) is 42.9 Å². The highest BCUT2D eigenvalue weighted by molar-refractivity contribution is 5.48. The van der Waals surface area contributed by atoms with Crippen LogP contribution in [-0.4, -0.2) is 15.1 Å². The van der Waals surface area contributed by atoms with Crippen LogP contribution < -0.4 is 5.32 Å². The Bertz CT molecular complexity index is 459. The van der Waals surface area contributed by atoms with Gasteiger partial charge in [-0.25, -0.2) is 0 Å². The normalized spacial score (nSPS) is 12.1. The molecule has 82 valence electrons. The number of phenolic OH excluding ortho intramolecular Hbond substituents is 1. The maximum absolute atomic E-state index is 9.33. The van der Waals surface area contributed by atoms with Crippen LogP contribution >= 0.6 is 0 Å². The Morgan fingerprint density at radius 1 is 1.31 bits per heavy atom.